The summed E-state index contributed by atoms with van der Waals surface area (Å²) in [6.45, 7) is 6.84. The average molecular weight is 551 g/mol. The van der Waals surface area contributed by atoms with Crippen LogP contribution in [0, 0.1) is 0 Å². The Balaban J connectivity index is 1.18. The Morgan fingerprint density at radius 3 is 1.95 bits per heavy atom. The number of benzene rings is 1. The van der Waals surface area contributed by atoms with E-state index in [9.17, 15) is 19.5 Å². The molecule has 5 amide bonds. The number of hydrogen-bond acceptors (Lipinski definition) is 8. The largest absolute Gasteiger partial charge is 0.491 e. The van der Waals surface area contributed by atoms with Gasteiger partial charge < -0.3 is 50.4 Å². The Labute approximate surface area is 229 Å². The molecule has 0 spiro atoms. The van der Waals surface area contributed by atoms with Crippen LogP contribution in [0.1, 0.15) is 12.0 Å². The molecule has 2 heterocycles. The summed E-state index contributed by atoms with van der Waals surface area (Å²) in [5, 5.41) is 21.7. The smallest absolute Gasteiger partial charge is 0.317 e. The average Bonchev–Trinajstić information content (AvgIpc) is 2.98. The fraction of sp³-hybridized carbons (Fsp3) is 0.654. The van der Waals surface area contributed by atoms with Crippen LogP contribution < -0.4 is 26.0 Å². The molecule has 1 aromatic rings. The third-order valence-corrected chi connectivity index (χ3v) is 6.28. The second-order valence-electron chi connectivity index (χ2n) is 9.33. The van der Waals surface area contributed by atoms with Crippen LogP contribution in [0.15, 0.2) is 24.3 Å². The van der Waals surface area contributed by atoms with Crippen LogP contribution in [-0.2, 0) is 20.7 Å². The summed E-state index contributed by atoms with van der Waals surface area (Å²) in [5.74, 6) is 0.559. The number of carbonyl (C=O) groups is 3. The molecule has 39 heavy (non-hydrogen) atoms. The van der Waals surface area contributed by atoms with E-state index in [2.05, 4.69) is 21.3 Å². The summed E-state index contributed by atoms with van der Waals surface area (Å²) in [6, 6.07) is 7.19. The number of aliphatic hydroxyl groups is 1. The van der Waals surface area contributed by atoms with Crippen molar-refractivity contribution in [1.82, 2.24) is 31.1 Å². The minimum atomic E-state index is -0.693. The van der Waals surface area contributed by atoms with Crippen molar-refractivity contribution in [3.8, 4) is 5.75 Å². The zero-order valence-corrected chi connectivity index (χ0v) is 22.5. The minimum absolute atomic E-state index is 0.0766. The molecular formula is C26H42N6O7. The van der Waals surface area contributed by atoms with Crippen molar-refractivity contribution >= 4 is 18.0 Å². The second-order valence-corrected chi connectivity index (χ2v) is 9.33. The zero-order chi connectivity index (χ0) is 27.7. The first-order chi connectivity index (χ1) is 19.0. The second kappa shape index (κ2) is 17.5. The number of aliphatic hydroxyl groups excluding tert-OH is 1. The highest BCUT2D eigenvalue weighted by Gasteiger charge is 2.17. The van der Waals surface area contributed by atoms with Gasteiger partial charge in [0.15, 0.2) is 0 Å². The van der Waals surface area contributed by atoms with Crippen LogP contribution >= 0.6 is 0 Å². The Hall–Kier alpha value is -3.13. The number of amides is 5. The molecule has 218 valence electrons. The van der Waals surface area contributed by atoms with Crippen LogP contribution in [0.5, 0.6) is 5.75 Å². The van der Waals surface area contributed by atoms with Gasteiger partial charge in [0.05, 0.1) is 26.4 Å². The molecule has 2 fully saturated rings. The third kappa shape index (κ3) is 12.1. The van der Waals surface area contributed by atoms with E-state index in [-0.39, 0.29) is 24.6 Å². The van der Waals surface area contributed by atoms with Gasteiger partial charge in [-0.3, -0.25) is 4.79 Å². The first kappa shape index (κ1) is 30.4. The zero-order valence-electron chi connectivity index (χ0n) is 22.5. The van der Waals surface area contributed by atoms with E-state index in [0.29, 0.717) is 104 Å². The number of ether oxygens (including phenoxy) is 3. The summed E-state index contributed by atoms with van der Waals surface area (Å²) in [5.41, 5.74) is 1.000. The van der Waals surface area contributed by atoms with E-state index in [1.165, 1.54) is 0 Å². The topological polar surface area (TPSA) is 154 Å². The van der Waals surface area contributed by atoms with Gasteiger partial charge in [-0.05, 0) is 24.1 Å². The third-order valence-electron chi connectivity index (χ3n) is 6.28. The first-order valence-electron chi connectivity index (χ1n) is 13.6. The Kier molecular flexibility index (Phi) is 13.6. The minimum Gasteiger partial charge on any atom is -0.491 e. The molecule has 0 aliphatic carbocycles. The van der Waals surface area contributed by atoms with Gasteiger partial charge in [-0.15, -0.1) is 0 Å². The van der Waals surface area contributed by atoms with Crippen molar-refractivity contribution in [3.05, 3.63) is 29.8 Å². The maximum Gasteiger partial charge on any atom is 0.317 e. The lowest BCUT2D eigenvalue weighted by molar-refractivity contribution is -0.121. The molecule has 0 aromatic heterocycles. The molecule has 0 unspecified atom stereocenters. The van der Waals surface area contributed by atoms with Gasteiger partial charge >= 0.3 is 12.1 Å². The number of aryl methyl sites for hydroxylation is 1. The molecule has 1 atom stereocenters. The predicted octanol–water partition coefficient (Wildman–Crippen LogP) is -0.852. The summed E-state index contributed by atoms with van der Waals surface area (Å²) in [4.78, 5) is 39.5. The van der Waals surface area contributed by atoms with Crippen LogP contribution in [0.3, 0.4) is 0 Å². The fourth-order valence-electron chi connectivity index (χ4n) is 4.00. The number of rotatable bonds is 14. The van der Waals surface area contributed by atoms with Crippen molar-refractivity contribution < 1.29 is 33.7 Å². The Morgan fingerprint density at radius 1 is 0.821 bits per heavy atom. The molecule has 0 saturated carbocycles. The summed E-state index contributed by atoms with van der Waals surface area (Å²) in [6.07, 6.45) is 0.234. The van der Waals surface area contributed by atoms with Gasteiger partial charge in [0, 0.05) is 65.3 Å². The van der Waals surface area contributed by atoms with Crippen LogP contribution in [0.4, 0.5) is 9.59 Å². The first-order valence-corrected chi connectivity index (χ1v) is 13.6. The lowest BCUT2D eigenvalue weighted by Crippen LogP contribution is -2.47. The molecule has 2 aliphatic rings. The predicted molar refractivity (Wildman–Crippen MR) is 144 cm³/mol. The van der Waals surface area contributed by atoms with E-state index in [1.807, 2.05) is 24.3 Å². The quantitative estimate of drug-likeness (QED) is 0.188. The van der Waals surface area contributed by atoms with Gasteiger partial charge in [-0.1, -0.05) is 12.1 Å². The summed E-state index contributed by atoms with van der Waals surface area (Å²) < 4.78 is 16.1. The maximum atomic E-state index is 12.1. The van der Waals surface area contributed by atoms with Crippen molar-refractivity contribution in [2.75, 3.05) is 91.9 Å². The van der Waals surface area contributed by atoms with Gasteiger partial charge in [-0.25, -0.2) is 9.59 Å². The molecular weight excluding hydrogens is 508 g/mol. The highest BCUT2D eigenvalue weighted by molar-refractivity contribution is 5.76. The lowest BCUT2D eigenvalue weighted by Gasteiger charge is -2.27. The van der Waals surface area contributed by atoms with E-state index in [4.69, 9.17) is 14.2 Å². The van der Waals surface area contributed by atoms with E-state index in [1.54, 1.807) is 9.80 Å². The van der Waals surface area contributed by atoms with Gasteiger partial charge in [-0.2, -0.15) is 0 Å². The molecule has 2 aliphatic heterocycles. The summed E-state index contributed by atoms with van der Waals surface area (Å²) in [7, 11) is 0. The van der Waals surface area contributed by atoms with Gasteiger partial charge in [0.2, 0.25) is 5.91 Å². The van der Waals surface area contributed by atoms with Crippen molar-refractivity contribution in [2.45, 2.75) is 18.9 Å². The molecule has 0 bridgehead atoms. The lowest BCUT2D eigenvalue weighted by atomic mass is 10.1. The molecule has 2 saturated heterocycles. The van der Waals surface area contributed by atoms with Crippen LogP contribution in [-0.4, -0.2) is 131 Å². The molecule has 13 heteroatoms. The number of carbonyl (C=O) groups excluding carboxylic acids is 3. The van der Waals surface area contributed by atoms with E-state index >= 15 is 0 Å². The molecule has 1 aromatic carbocycles. The van der Waals surface area contributed by atoms with Crippen molar-refractivity contribution in [1.29, 1.82) is 0 Å². The number of morpholine rings is 2. The van der Waals surface area contributed by atoms with Crippen LogP contribution in [0.2, 0.25) is 0 Å². The highest BCUT2D eigenvalue weighted by Crippen LogP contribution is 2.13. The standard InChI is InChI=1S/C26H42N6O7/c33-22(19-27-7-8-29-25(35)31-11-15-37-16-12-31)20-39-23-4-1-21(2-5-23)3-6-24(34)28-9-10-30-26(36)32-13-17-38-18-14-32/h1-2,4-5,22,27,33H,3,6-20H2,(H,28,34)(H,29,35)(H,30,36)/t22-/m1/s1. The van der Waals surface area contributed by atoms with Gasteiger partial charge in [0.1, 0.15) is 18.5 Å². The summed E-state index contributed by atoms with van der Waals surface area (Å²) >= 11 is 0. The molecule has 5 N–H and O–H groups in total. The van der Waals surface area contributed by atoms with Gasteiger partial charge in [0.25, 0.3) is 0 Å². The number of urea groups is 2. The number of hydrogen-bond donors (Lipinski definition) is 5. The normalized spacial score (nSPS) is 16.3. The van der Waals surface area contributed by atoms with Crippen LogP contribution in [0.25, 0.3) is 0 Å². The Morgan fingerprint density at radius 2 is 1.36 bits per heavy atom. The monoisotopic (exact) mass is 550 g/mol. The van der Waals surface area contributed by atoms with Crippen molar-refractivity contribution in [3.63, 3.8) is 0 Å². The molecule has 0 radical (unpaired) electrons. The molecule has 13 nitrogen and oxygen atoms in total. The van der Waals surface area contributed by atoms with Crippen molar-refractivity contribution in [2.24, 2.45) is 0 Å². The number of nitrogens with one attached hydrogen (secondary N) is 4. The fourth-order valence-corrected chi connectivity index (χ4v) is 4.00. The maximum absolute atomic E-state index is 12.1. The van der Waals surface area contributed by atoms with E-state index in [0.717, 1.165) is 5.56 Å². The Bertz CT molecular complexity index is 876. The SMILES string of the molecule is O=C(CCc1ccc(OC[C@H](O)CNCCNC(=O)N2CCOCC2)cc1)NCCNC(=O)N1CCOCC1. The van der Waals surface area contributed by atoms with E-state index < -0.39 is 6.10 Å². The molecule has 3 rings (SSSR count). The highest BCUT2D eigenvalue weighted by atomic mass is 16.5. The number of nitrogens with zero attached hydrogens (tertiary/aromatic N) is 2.